The maximum atomic E-state index is 9.62. The van der Waals surface area contributed by atoms with E-state index >= 15 is 0 Å². The summed E-state index contributed by atoms with van der Waals surface area (Å²) in [6, 6.07) is 5.39. The number of hydrogen-bond acceptors (Lipinski definition) is 5. The quantitative estimate of drug-likeness (QED) is 0.820. The van der Waals surface area contributed by atoms with E-state index in [2.05, 4.69) is 10.4 Å². The average Bonchev–Trinajstić information content (AvgIpc) is 2.93. The number of nitrogens with one attached hydrogen (secondary N) is 1. The molecule has 0 radical (unpaired) electrons. The van der Waals surface area contributed by atoms with Crippen molar-refractivity contribution in [2.45, 2.75) is 19.5 Å². The van der Waals surface area contributed by atoms with Crippen LogP contribution in [0.15, 0.2) is 30.6 Å². The summed E-state index contributed by atoms with van der Waals surface area (Å²) in [6.45, 7) is 3.39. The fourth-order valence-electron chi connectivity index (χ4n) is 2.04. The number of aromatic hydroxyl groups is 1. The number of anilines is 1. The zero-order chi connectivity index (χ0) is 15.2. The van der Waals surface area contributed by atoms with Crippen molar-refractivity contribution in [3.63, 3.8) is 0 Å². The van der Waals surface area contributed by atoms with Crippen LogP contribution in [0.4, 0.5) is 5.69 Å². The number of ether oxygens (including phenoxy) is 2. The van der Waals surface area contributed by atoms with Gasteiger partial charge in [-0.1, -0.05) is 6.07 Å². The number of phenols is 1. The van der Waals surface area contributed by atoms with Crippen LogP contribution in [-0.4, -0.2) is 35.7 Å². The summed E-state index contributed by atoms with van der Waals surface area (Å²) in [7, 11) is 3.21. The number of benzene rings is 1. The van der Waals surface area contributed by atoms with Crippen LogP contribution < -0.4 is 10.1 Å². The van der Waals surface area contributed by atoms with Gasteiger partial charge in [0.05, 0.1) is 32.1 Å². The van der Waals surface area contributed by atoms with E-state index in [0.29, 0.717) is 12.4 Å². The van der Waals surface area contributed by atoms with Crippen LogP contribution in [0.2, 0.25) is 0 Å². The van der Waals surface area contributed by atoms with Crippen LogP contribution in [-0.2, 0) is 11.3 Å². The van der Waals surface area contributed by atoms with E-state index in [4.69, 9.17) is 9.47 Å². The molecule has 1 aromatic heterocycles. The SMILES string of the molecule is COCCn1cc(NC(C)c2ccc(O)c(OC)c2)cn1. The molecule has 0 aliphatic heterocycles. The van der Waals surface area contributed by atoms with Gasteiger partial charge < -0.3 is 19.9 Å². The molecule has 0 saturated carbocycles. The first-order valence-corrected chi connectivity index (χ1v) is 6.79. The van der Waals surface area contributed by atoms with Crippen LogP contribution >= 0.6 is 0 Å². The summed E-state index contributed by atoms with van der Waals surface area (Å²) in [5.74, 6) is 0.609. The van der Waals surface area contributed by atoms with Gasteiger partial charge in [-0.05, 0) is 24.6 Å². The van der Waals surface area contributed by atoms with Crippen molar-refractivity contribution >= 4 is 5.69 Å². The molecular weight excluding hydrogens is 270 g/mol. The van der Waals surface area contributed by atoms with Crippen molar-refractivity contribution in [1.82, 2.24) is 9.78 Å². The minimum absolute atomic E-state index is 0.0691. The highest BCUT2D eigenvalue weighted by Crippen LogP contribution is 2.30. The molecule has 1 aromatic carbocycles. The average molecular weight is 291 g/mol. The van der Waals surface area contributed by atoms with Crippen LogP contribution in [0, 0.1) is 0 Å². The van der Waals surface area contributed by atoms with E-state index in [1.165, 1.54) is 7.11 Å². The molecule has 2 aromatic rings. The third-order valence-electron chi connectivity index (χ3n) is 3.24. The van der Waals surface area contributed by atoms with E-state index in [1.54, 1.807) is 19.4 Å². The molecule has 6 nitrogen and oxygen atoms in total. The fraction of sp³-hybridized carbons (Fsp3) is 0.400. The van der Waals surface area contributed by atoms with E-state index in [1.807, 2.05) is 29.9 Å². The third kappa shape index (κ3) is 3.88. The van der Waals surface area contributed by atoms with Crippen LogP contribution in [0.5, 0.6) is 11.5 Å². The summed E-state index contributed by atoms with van der Waals surface area (Å²) in [5, 5.41) is 17.2. The third-order valence-corrected chi connectivity index (χ3v) is 3.24. The first-order chi connectivity index (χ1) is 10.1. The summed E-state index contributed by atoms with van der Waals surface area (Å²) >= 11 is 0. The highest BCUT2D eigenvalue weighted by atomic mass is 16.5. The monoisotopic (exact) mass is 291 g/mol. The molecule has 2 N–H and O–H groups in total. The number of rotatable bonds is 7. The van der Waals surface area contributed by atoms with E-state index in [-0.39, 0.29) is 11.8 Å². The van der Waals surface area contributed by atoms with Crippen LogP contribution in [0.25, 0.3) is 0 Å². The van der Waals surface area contributed by atoms with Gasteiger partial charge in [0.1, 0.15) is 0 Å². The Morgan fingerprint density at radius 1 is 1.38 bits per heavy atom. The highest BCUT2D eigenvalue weighted by molar-refractivity contribution is 5.46. The lowest BCUT2D eigenvalue weighted by molar-refractivity contribution is 0.183. The van der Waals surface area contributed by atoms with Crippen molar-refractivity contribution in [1.29, 1.82) is 0 Å². The Kier molecular flexibility index (Phi) is 5.05. The standard InChI is InChI=1S/C15H21N3O3/c1-11(12-4-5-14(19)15(8-12)21-3)17-13-9-16-18(10-13)6-7-20-2/h4-5,8-11,17,19H,6-7H2,1-3H3. The predicted octanol–water partition coefficient (Wildman–Crippen LogP) is 2.42. The number of nitrogens with zero attached hydrogens (tertiary/aromatic N) is 2. The van der Waals surface area contributed by atoms with E-state index < -0.39 is 0 Å². The van der Waals surface area contributed by atoms with E-state index in [0.717, 1.165) is 17.8 Å². The van der Waals surface area contributed by atoms with Gasteiger partial charge in [-0.25, -0.2) is 0 Å². The minimum Gasteiger partial charge on any atom is -0.504 e. The van der Waals surface area contributed by atoms with Gasteiger partial charge in [0.25, 0.3) is 0 Å². The predicted molar refractivity (Wildman–Crippen MR) is 80.8 cm³/mol. The maximum Gasteiger partial charge on any atom is 0.160 e. The Morgan fingerprint density at radius 2 is 2.19 bits per heavy atom. The van der Waals surface area contributed by atoms with E-state index in [9.17, 15) is 5.11 Å². The Labute approximate surface area is 124 Å². The lowest BCUT2D eigenvalue weighted by Crippen LogP contribution is -2.07. The molecule has 21 heavy (non-hydrogen) atoms. The summed E-state index contributed by atoms with van der Waals surface area (Å²) < 4.78 is 12.0. The van der Waals surface area contributed by atoms with Crippen LogP contribution in [0.3, 0.4) is 0 Å². The Bertz CT molecular complexity index is 583. The van der Waals surface area contributed by atoms with Crippen molar-refractivity contribution in [2.75, 3.05) is 26.1 Å². The van der Waals surface area contributed by atoms with Crippen molar-refractivity contribution in [2.24, 2.45) is 0 Å². The summed E-state index contributed by atoms with van der Waals surface area (Å²) in [4.78, 5) is 0. The normalized spacial score (nSPS) is 12.1. The van der Waals surface area contributed by atoms with Gasteiger partial charge >= 0.3 is 0 Å². The van der Waals surface area contributed by atoms with Gasteiger partial charge in [0, 0.05) is 19.3 Å². The lowest BCUT2D eigenvalue weighted by atomic mass is 10.1. The molecule has 6 heteroatoms. The van der Waals surface area contributed by atoms with Gasteiger partial charge in [-0.15, -0.1) is 0 Å². The Balaban J connectivity index is 2.03. The van der Waals surface area contributed by atoms with Gasteiger partial charge in [-0.3, -0.25) is 4.68 Å². The van der Waals surface area contributed by atoms with Crippen molar-refractivity contribution in [3.05, 3.63) is 36.2 Å². The molecule has 114 valence electrons. The Morgan fingerprint density at radius 3 is 2.90 bits per heavy atom. The van der Waals surface area contributed by atoms with Crippen LogP contribution in [0.1, 0.15) is 18.5 Å². The molecule has 0 fully saturated rings. The first-order valence-electron chi connectivity index (χ1n) is 6.79. The summed E-state index contributed by atoms with van der Waals surface area (Å²) in [6.07, 6.45) is 3.72. The van der Waals surface area contributed by atoms with Gasteiger partial charge in [0.15, 0.2) is 11.5 Å². The minimum atomic E-state index is 0.0691. The molecule has 0 spiro atoms. The molecule has 1 heterocycles. The number of aromatic nitrogens is 2. The lowest BCUT2D eigenvalue weighted by Gasteiger charge is -2.15. The van der Waals surface area contributed by atoms with Gasteiger partial charge in [0.2, 0.25) is 0 Å². The zero-order valence-corrected chi connectivity index (χ0v) is 12.5. The molecule has 2 rings (SSSR count). The zero-order valence-electron chi connectivity index (χ0n) is 12.5. The largest absolute Gasteiger partial charge is 0.504 e. The molecule has 0 amide bonds. The summed E-state index contributed by atoms with van der Waals surface area (Å²) in [5.41, 5.74) is 1.96. The number of hydrogen-bond donors (Lipinski definition) is 2. The molecular formula is C15H21N3O3. The fourth-order valence-corrected chi connectivity index (χ4v) is 2.04. The molecule has 0 aliphatic rings. The second-order valence-electron chi connectivity index (χ2n) is 4.78. The molecule has 0 bridgehead atoms. The second kappa shape index (κ2) is 6.99. The number of phenolic OH excluding ortho intramolecular Hbond substituents is 1. The van der Waals surface area contributed by atoms with Crippen molar-refractivity contribution in [3.8, 4) is 11.5 Å². The topological polar surface area (TPSA) is 68.5 Å². The maximum absolute atomic E-state index is 9.62. The smallest absolute Gasteiger partial charge is 0.160 e. The highest BCUT2D eigenvalue weighted by Gasteiger charge is 2.10. The molecule has 0 saturated heterocycles. The molecule has 0 aliphatic carbocycles. The number of methoxy groups -OCH3 is 2. The first kappa shape index (κ1) is 15.2. The molecule has 1 unspecified atom stereocenters. The Hall–Kier alpha value is -2.21. The van der Waals surface area contributed by atoms with Gasteiger partial charge in [-0.2, -0.15) is 5.10 Å². The molecule has 1 atom stereocenters. The van der Waals surface area contributed by atoms with Crippen molar-refractivity contribution < 1.29 is 14.6 Å². The second-order valence-corrected chi connectivity index (χ2v) is 4.78.